The van der Waals surface area contributed by atoms with E-state index in [1.807, 2.05) is 31.2 Å². The van der Waals surface area contributed by atoms with Gasteiger partial charge in [-0.2, -0.15) is 0 Å². The highest BCUT2D eigenvalue weighted by atomic mass is 35.5. The number of benzene rings is 3. The van der Waals surface area contributed by atoms with Crippen LogP contribution >= 0.6 is 11.6 Å². The molecule has 1 amide bonds. The molecule has 0 aliphatic heterocycles. The van der Waals surface area contributed by atoms with E-state index in [0.717, 1.165) is 17.2 Å². The van der Waals surface area contributed by atoms with E-state index in [1.165, 1.54) is 18.2 Å². The van der Waals surface area contributed by atoms with Gasteiger partial charge in [0.2, 0.25) is 10.0 Å². The Morgan fingerprint density at radius 2 is 1.72 bits per heavy atom. The molecule has 3 aromatic rings. The number of rotatable bonds is 6. The van der Waals surface area contributed by atoms with Crippen molar-refractivity contribution in [2.75, 3.05) is 5.32 Å². The van der Waals surface area contributed by atoms with Crippen molar-refractivity contribution < 1.29 is 17.6 Å². The Labute approximate surface area is 173 Å². The summed E-state index contributed by atoms with van der Waals surface area (Å²) in [6.45, 7) is 2.01. The van der Waals surface area contributed by atoms with Gasteiger partial charge in [-0.15, -0.1) is 0 Å². The van der Waals surface area contributed by atoms with Gasteiger partial charge in [-0.1, -0.05) is 53.6 Å². The van der Waals surface area contributed by atoms with Crippen molar-refractivity contribution in [1.29, 1.82) is 0 Å². The van der Waals surface area contributed by atoms with Crippen molar-refractivity contribution in [1.82, 2.24) is 4.72 Å². The molecule has 0 radical (unpaired) electrons. The van der Waals surface area contributed by atoms with Gasteiger partial charge in [0.25, 0.3) is 5.91 Å². The van der Waals surface area contributed by atoms with Crippen LogP contribution in [0.15, 0.2) is 71.6 Å². The van der Waals surface area contributed by atoms with Crippen LogP contribution in [0.2, 0.25) is 5.02 Å². The van der Waals surface area contributed by atoms with Gasteiger partial charge in [0.05, 0.1) is 21.2 Å². The third-order valence-corrected chi connectivity index (χ3v) is 5.93. The maximum absolute atomic E-state index is 14.4. The van der Waals surface area contributed by atoms with Crippen LogP contribution in [-0.4, -0.2) is 14.3 Å². The summed E-state index contributed by atoms with van der Waals surface area (Å²) in [5.74, 6) is -1.47. The standard InChI is InChI=1S/C21H18ClFN2O3S/c1-14-6-8-15(9-7-14)13-24-29(27,28)16-10-11-20(19(23)12-16)25-21(26)17-4-2-3-5-18(17)22/h2-12,24H,13H2,1H3,(H,25,26). The topological polar surface area (TPSA) is 75.3 Å². The van der Waals surface area contributed by atoms with Crippen molar-refractivity contribution >= 4 is 33.2 Å². The van der Waals surface area contributed by atoms with Crippen LogP contribution in [-0.2, 0) is 16.6 Å². The number of anilines is 1. The normalized spacial score (nSPS) is 11.3. The summed E-state index contributed by atoms with van der Waals surface area (Å²) in [4.78, 5) is 12.0. The monoisotopic (exact) mass is 432 g/mol. The van der Waals surface area contributed by atoms with E-state index in [1.54, 1.807) is 18.2 Å². The van der Waals surface area contributed by atoms with Crippen LogP contribution in [0.1, 0.15) is 21.5 Å². The Hall–Kier alpha value is -2.74. The lowest BCUT2D eigenvalue weighted by Gasteiger charge is -2.11. The van der Waals surface area contributed by atoms with Crippen LogP contribution in [0.25, 0.3) is 0 Å². The first-order valence-electron chi connectivity index (χ1n) is 8.67. The van der Waals surface area contributed by atoms with E-state index >= 15 is 0 Å². The van der Waals surface area contributed by atoms with Crippen molar-refractivity contribution in [3.63, 3.8) is 0 Å². The molecule has 0 saturated heterocycles. The Morgan fingerprint density at radius 1 is 1.03 bits per heavy atom. The summed E-state index contributed by atoms with van der Waals surface area (Å²) >= 11 is 5.96. The summed E-state index contributed by atoms with van der Waals surface area (Å²) in [6.07, 6.45) is 0. The number of sulfonamides is 1. The van der Waals surface area contributed by atoms with Gasteiger partial charge in [-0.25, -0.2) is 17.5 Å². The Morgan fingerprint density at radius 3 is 2.38 bits per heavy atom. The average molecular weight is 433 g/mol. The van der Waals surface area contributed by atoms with Crippen LogP contribution in [0.3, 0.4) is 0 Å². The molecule has 0 aliphatic carbocycles. The van der Waals surface area contributed by atoms with E-state index < -0.39 is 21.7 Å². The molecule has 0 atom stereocenters. The molecule has 150 valence electrons. The molecule has 5 nitrogen and oxygen atoms in total. The molecule has 0 aromatic heterocycles. The molecule has 3 aromatic carbocycles. The SMILES string of the molecule is Cc1ccc(CNS(=O)(=O)c2ccc(NC(=O)c3ccccc3Cl)c(F)c2)cc1. The number of nitrogens with one attached hydrogen (secondary N) is 2. The molecule has 0 bridgehead atoms. The lowest BCUT2D eigenvalue weighted by Crippen LogP contribution is -2.23. The molecule has 0 heterocycles. The Kier molecular flexibility index (Phi) is 6.32. The lowest BCUT2D eigenvalue weighted by atomic mass is 10.2. The number of hydrogen-bond donors (Lipinski definition) is 2. The second-order valence-corrected chi connectivity index (χ2v) is 8.56. The van der Waals surface area contributed by atoms with Crippen molar-refractivity contribution in [2.45, 2.75) is 18.4 Å². The third-order valence-electron chi connectivity index (χ3n) is 4.20. The maximum Gasteiger partial charge on any atom is 0.257 e. The first kappa shape index (κ1) is 21.0. The van der Waals surface area contributed by atoms with Crippen LogP contribution in [0.5, 0.6) is 0 Å². The number of amides is 1. The van der Waals surface area contributed by atoms with Crippen molar-refractivity contribution in [3.05, 3.63) is 94.3 Å². The molecule has 8 heteroatoms. The first-order valence-corrected chi connectivity index (χ1v) is 10.5. The van der Waals surface area contributed by atoms with Gasteiger partial charge < -0.3 is 5.32 Å². The minimum absolute atomic E-state index is 0.0786. The average Bonchev–Trinajstić information content (AvgIpc) is 2.69. The molecule has 0 unspecified atom stereocenters. The van der Waals surface area contributed by atoms with E-state index in [4.69, 9.17) is 11.6 Å². The van der Waals surface area contributed by atoms with Gasteiger partial charge in [0.15, 0.2) is 0 Å². The quantitative estimate of drug-likeness (QED) is 0.601. The molecule has 3 rings (SSSR count). The lowest BCUT2D eigenvalue weighted by molar-refractivity contribution is 0.102. The second kappa shape index (κ2) is 8.73. The van der Waals surface area contributed by atoms with Gasteiger partial charge in [-0.3, -0.25) is 4.79 Å². The zero-order valence-corrected chi connectivity index (χ0v) is 17.0. The fourth-order valence-corrected chi connectivity index (χ4v) is 3.82. The zero-order valence-electron chi connectivity index (χ0n) is 15.4. The summed E-state index contributed by atoms with van der Waals surface area (Å²) in [7, 11) is -3.92. The second-order valence-electron chi connectivity index (χ2n) is 6.39. The van der Waals surface area contributed by atoms with Crippen molar-refractivity contribution in [2.24, 2.45) is 0 Å². The van der Waals surface area contributed by atoms with E-state index in [2.05, 4.69) is 10.0 Å². The molecule has 29 heavy (non-hydrogen) atoms. The minimum Gasteiger partial charge on any atom is -0.319 e. The minimum atomic E-state index is -3.92. The predicted molar refractivity (Wildman–Crippen MR) is 111 cm³/mol. The number of hydrogen-bond acceptors (Lipinski definition) is 3. The Balaban J connectivity index is 1.73. The summed E-state index contributed by atoms with van der Waals surface area (Å²) in [5, 5.41) is 2.62. The number of aryl methyl sites for hydroxylation is 1. The number of halogens is 2. The predicted octanol–water partition coefficient (Wildman–Crippen LogP) is 4.52. The molecule has 0 aliphatic rings. The highest BCUT2D eigenvalue weighted by Crippen LogP contribution is 2.22. The fourth-order valence-electron chi connectivity index (χ4n) is 2.57. The van der Waals surface area contributed by atoms with Gasteiger partial charge in [-0.05, 0) is 42.8 Å². The molecule has 2 N–H and O–H groups in total. The van der Waals surface area contributed by atoms with Crippen LogP contribution < -0.4 is 10.0 Å². The Bertz CT molecular complexity index is 1150. The summed E-state index contributed by atoms with van der Waals surface area (Å²) in [6, 6.07) is 17.0. The van der Waals surface area contributed by atoms with E-state index in [9.17, 15) is 17.6 Å². The number of carbonyl (C=O) groups is 1. The summed E-state index contributed by atoms with van der Waals surface area (Å²) < 4.78 is 41.7. The smallest absolute Gasteiger partial charge is 0.257 e. The number of carbonyl (C=O) groups excluding carboxylic acids is 1. The zero-order chi connectivity index (χ0) is 21.0. The highest BCUT2D eigenvalue weighted by Gasteiger charge is 2.18. The highest BCUT2D eigenvalue weighted by molar-refractivity contribution is 7.89. The molecular formula is C21H18ClFN2O3S. The maximum atomic E-state index is 14.4. The van der Waals surface area contributed by atoms with Crippen LogP contribution in [0, 0.1) is 12.7 Å². The van der Waals surface area contributed by atoms with Gasteiger partial charge in [0.1, 0.15) is 5.82 Å². The van der Waals surface area contributed by atoms with Gasteiger partial charge >= 0.3 is 0 Å². The molecular weight excluding hydrogens is 415 g/mol. The molecule has 0 saturated carbocycles. The van der Waals surface area contributed by atoms with E-state index in [-0.39, 0.29) is 27.7 Å². The third kappa shape index (κ3) is 5.20. The van der Waals surface area contributed by atoms with Crippen molar-refractivity contribution in [3.8, 4) is 0 Å². The molecule has 0 spiro atoms. The van der Waals surface area contributed by atoms with Gasteiger partial charge in [0, 0.05) is 6.54 Å². The largest absolute Gasteiger partial charge is 0.319 e. The summed E-state index contributed by atoms with van der Waals surface area (Å²) in [5.41, 5.74) is 1.88. The fraction of sp³-hybridized carbons (Fsp3) is 0.0952. The first-order chi connectivity index (χ1) is 13.8. The van der Waals surface area contributed by atoms with E-state index in [0.29, 0.717) is 0 Å². The molecule has 0 fully saturated rings. The van der Waals surface area contributed by atoms with Crippen LogP contribution in [0.4, 0.5) is 10.1 Å².